The van der Waals surface area contributed by atoms with Gasteiger partial charge < -0.3 is 49.8 Å². The second-order valence-corrected chi connectivity index (χ2v) is 26.7. The smallest absolute Gasteiger partial charge is 0.264 e. The molecule has 33 heteroatoms. The molecule has 16 aromatic rings. The van der Waals surface area contributed by atoms with E-state index >= 15 is 0 Å². The number of aromatic nitrogens is 15. The second kappa shape index (κ2) is 38.3. The maximum absolute atomic E-state index is 13.1. The second-order valence-electron chi connectivity index (χ2n) is 24.8. The first-order valence-electron chi connectivity index (χ1n) is 35.4. The molecule has 15 aromatic heterocycles. The fourth-order valence-electron chi connectivity index (χ4n) is 11.7. The predicted octanol–water partition coefficient (Wildman–Crippen LogP) is 16.9. The summed E-state index contributed by atoms with van der Waals surface area (Å²) in [6.07, 6.45) is 14.1. The lowest BCUT2D eigenvalue weighted by atomic mass is 10.1. The molecule has 0 radical (unpaired) electrons. The van der Waals surface area contributed by atoms with Crippen LogP contribution in [0.5, 0.6) is 0 Å². The van der Waals surface area contributed by atoms with E-state index in [1.54, 1.807) is 121 Å². The van der Waals surface area contributed by atoms with Crippen LogP contribution >= 0.6 is 45.8 Å². The normalized spacial score (nSPS) is 10.7. The highest BCUT2D eigenvalue weighted by Gasteiger charge is 2.16. The number of hydrogen-bond donors (Lipinski definition) is 5. The van der Waals surface area contributed by atoms with Gasteiger partial charge in [-0.05, 0) is 167 Å². The number of nitrogens with two attached hydrogens (primary N) is 1. The molecule has 0 aliphatic carbocycles. The van der Waals surface area contributed by atoms with Gasteiger partial charge in [0.15, 0.2) is 0 Å². The molecule has 0 unspecified atom stereocenters. The Hall–Kier alpha value is -13.3. The Morgan fingerprint density at radius 3 is 1.06 bits per heavy atom. The van der Waals surface area contributed by atoms with Gasteiger partial charge in [-0.1, -0.05) is 41.4 Å². The average molecular weight is 1710 g/mol. The first-order chi connectivity index (χ1) is 55.4. The van der Waals surface area contributed by atoms with E-state index in [1.165, 1.54) is 66.7 Å². The van der Waals surface area contributed by atoms with Crippen molar-refractivity contribution in [3.8, 4) is 11.1 Å². The van der Waals surface area contributed by atoms with E-state index in [1.807, 2.05) is 87.5 Å². The Labute approximate surface area is 675 Å². The van der Waals surface area contributed by atoms with E-state index in [2.05, 4.69) is 71.1 Å². The summed E-state index contributed by atoms with van der Waals surface area (Å²) in [5, 5.41) is 17.4. The number of nitrogens with one attached hydrogen (secondary N) is 4. The van der Waals surface area contributed by atoms with Crippen LogP contribution in [0.3, 0.4) is 0 Å². The fraction of sp³-hybridized carbons (Fsp3) is 0.134. The van der Waals surface area contributed by atoms with Crippen LogP contribution in [-0.4, -0.2) is 72.7 Å². The molecule has 0 amide bonds. The summed E-state index contributed by atoms with van der Waals surface area (Å²) in [6, 6.07) is 42.2. The van der Waals surface area contributed by atoms with Crippen molar-refractivity contribution in [2.24, 2.45) is 0 Å². The van der Waals surface area contributed by atoms with E-state index in [0.717, 1.165) is 85.5 Å². The lowest BCUT2D eigenvalue weighted by molar-refractivity contribution is 0.621. The molecule has 0 atom stereocenters. The van der Waals surface area contributed by atoms with Gasteiger partial charge in [-0.15, -0.1) is 0 Å². The maximum Gasteiger partial charge on any atom is 0.264 e. The molecule has 115 heavy (non-hydrogen) atoms. The largest absolute Gasteiger partial charge is 0.384 e. The van der Waals surface area contributed by atoms with Gasteiger partial charge in [0.25, 0.3) is 27.8 Å². The zero-order valence-corrected chi connectivity index (χ0v) is 65.8. The maximum atomic E-state index is 13.1. The molecular weight excluding hydrogens is 1640 g/mol. The van der Waals surface area contributed by atoms with Crippen LogP contribution in [0.15, 0.2) is 244 Å². The Balaban J connectivity index is 0.000000140. The zero-order chi connectivity index (χ0) is 82.0. The average Bonchev–Trinajstić information content (AvgIpc) is 0.769. The summed E-state index contributed by atoms with van der Waals surface area (Å²) < 4.78 is 72.7. The number of fused-ring (bicyclic) bond motifs is 5. The Morgan fingerprint density at radius 1 is 0.339 bits per heavy atom. The zero-order valence-electron chi connectivity index (χ0n) is 62.2. The van der Waals surface area contributed by atoms with Gasteiger partial charge in [0.05, 0.1) is 62.1 Å². The molecule has 0 fully saturated rings. The van der Waals surface area contributed by atoms with Crippen LogP contribution in [0.1, 0.15) is 40.2 Å². The fourth-order valence-corrected chi connectivity index (χ4v) is 12.7. The number of nitrogen functional groups attached to an aromatic ring is 1. The number of halogens is 8. The summed E-state index contributed by atoms with van der Waals surface area (Å²) in [6.45, 7) is 14.2. The van der Waals surface area contributed by atoms with Crippen LogP contribution in [0.4, 0.5) is 74.3 Å². The van der Waals surface area contributed by atoms with Gasteiger partial charge in [-0.2, -0.15) is 0 Å². The number of benzene rings is 1. The third-order valence-electron chi connectivity index (χ3n) is 17.2. The molecule has 6 N–H and O–H groups in total. The van der Waals surface area contributed by atoms with E-state index in [-0.39, 0.29) is 33.6 Å². The lowest BCUT2D eigenvalue weighted by Gasteiger charge is -2.13. The number of rotatable bonds is 14. The molecule has 0 spiro atoms. The van der Waals surface area contributed by atoms with E-state index in [0.29, 0.717) is 116 Å². The standard InChI is InChI=1S/C21H16ClFN4O.C16H15FN4O.C15H12FIN4O.C15H13FN4O.C10H9ClN2O.C5H5FN2/c1-2-27-18-10-20(26-19-8-7-14(23)12-25-19)24-11-13(18)9-16(21(27)28)15-5-3-4-6-17(15)22;1-3-21-13-7-15(20-14-5-4-12(17)9-19-14)18-8-11(13)6-10(2)16(21)22;1-2-21-12-6-14(20-13-4-3-10(16)8-19-13)18-7-9(12)5-11(17)15(21)22;1-2-20-12-7-14(17-8-10(12)3-6-15(20)21)19-13-5-4-11(16)9-18-13;1-2-13-8-5-9(11)12-6-7(8)3-4-10(13)14;6-4-1-2-5(7)8-3-4/h3-12H,2H2,1H3,(H,24,25,26);4-9H,3H2,1-2H3,(H,18,19,20);3-8H,2H2,1H3,(H,18,19,20);3-9H,2H2,1H3,(H,17,18,19);3-6H,2H2,1H3;1-3H,(H2,7,8). The summed E-state index contributed by atoms with van der Waals surface area (Å²) in [7, 11) is 0. The summed E-state index contributed by atoms with van der Waals surface area (Å²) in [5.74, 6) is 2.48. The van der Waals surface area contributed by atoms with Gasteiger partial charge >= 0.3 is 0 Å². The molecule has 0 saturated heterocycles. The van der Waals surface area contributed by atoms with Crippen molar-refractivity contribution in [2.45, 2.75) is 74.3 Å². The Morgan fingerprint density at radius 2 is 0.678 bits per heavy atom. The predicted molar refractivity (Wildman–Crippen MR) is 450 cm³/mol. The molecule has 25 nitrogen and oxygen atoms in total. The quantitative estimate of drug-likeness (QED) is 0.0384. The molecule has 1 aromatic carbocycles. The minimum Gasteiger partial charge on any atom is -0.384 e. The molecular formula is C82H70Cl2F5IN20O5. The van der Waals surface area contributed by atoms with Crippen LogP contribution in [0.25, 0.3) is 65.6 Å². The molecule has 15 heterocycles. The Kier molecular flexibility index (Phi) is 27.5. The van der Waals surface area contributed by atoms with Crippen molar-refractivity contribution in [2.75, 3.05) is 27.0 Å². The Bertz CT molecular complexity index is 6320. The third kappa shape index (κ3) is 20.9. The number of nitrogens with zero attached hydrogens (tertiary/aromatic N) is 15. The van der Waals surface area contributed by atoms with Crippen molar-refractivity contribution >= 4 is 153 Å². The molecule has 0 aliphatic rings. The van der Waals surface area contributed by atoms with Gasteiger partial charge in [-0.25, -0.2) is 71.8 Å². The van der Waals surface area contributed by atoms with Crippen molar-refractivity contribution in [1.29, 1.82) is 0 Å². The van der Waals surface area contributed by atoms with Gasteiger partial charge in [0.2, 0.25) is 0 Å². The van der Waals surface area contributed by atoms with Crippen molar-refractivity contribution in [3.05, 3.63) is 320 Å². The topological polar surface area (TPSA) is 313 Å². The summed E-state index contributed by atoms with van der Waals surface area (Å²) in [5.41, 5.74) is 10.8. The minimum atomic E-state index is -0.413. The number of hydrogen-bond acceptors (Lipinski definition) is 20. The monoisotopic (exact) mass is 1710 g/mol. The lowest BCUT2D eigenvalue weighted by Crippen LogP contribution is -2.22. The molecule has 16 rings (SSSR count). The number of anilines is 9. The van der Waals surface area contributed by atoms with E-state index < -0.39 is 23.3 Å². The van der Waals surface area contributed by atoms with Crippen LogP contribution in [-0.2, 0) is 32.7 Å². The highest BCUT2D eigenvalue weighted by Crippen LogP contribution is 2.30. The summed E-state index contributed by atoms with van der Waals surface area (Å²) in [4.78, 5) is 101. The molecule has 584 valence electrons. The van der Waals surface area contributed by atoms with Crippen LogP contribution in [0, 0.1) is 39.6 Å². The van der Waals surface area contributed by atoms with Crippen LogP contribution in [0.2, 0.25) is 10.2 Å². The highest BCUT2D eigenvalue weighted by atomic mass is 127. The number of pyridine rings is 15. The van der Waals surface area contributed by atoms with Crippen molar-refractivity contribution < 1.29 is 22.0 Å². The SMILES string of the molecule is CCn1c(=O)c(-c2ccccc2Cl)cc2cnc(Nc3ccc(F)cn3)cc21.CCn1c(=O)c(C)cc2cnc(Nc3ccc(F)cn3)cc21.CCn1c(=O)c(I)cc2cnc(Nc3ccc(F)cn3)cc21.CCn1c(=O)ccc2cnc(Cl)cc21.CCn1c(=O)ccc2cnc(Nc3ccc(F)cn3)cc21.Nc1ccc(F)cn1. The third-order valence-corrected chi connectivity index (χ3v) is 18.5. The van der Waals surface area contributed by atoms with Gasteiger partial charge in [-0.3, -0.25) is 24.0 Å². The highest BCUT2D eigenvalue weighted by molar-refractivity contribution is 14.1. The van der Waals surface area contributed by atoms with Crippen LogP contribution < -0.4 is 54.8 Å². The van der Waals surface area contributed by atoms with E-state index in [9.17, 15) is 45.9 Å². The summed E-state index contributed by atoms with van der Waals surface area (Å²) >= 11 is 14.1. The molecule has 0 saturated carbocycles. The molecule has 0 aliphatic heterocycles. The minimum absolute atomic E-state index is 0.00735. The van der Waals surface area contributed by atoms with Crippen molar-refractivity contribution in [3.63, 3.8) is 0 Å². The van der Waals surface area contributed by atoms with E-state index in [4.69, 9.17) is 28.9 Å². The first kappa shape index (κ1) is 82.7. The first-order valence-corrected chi connectivity index (χ1v) is 37.3. The number of aryl methyl sites for hydroxylation is 6. The van der Waals surface area contributed by atoms with Gasteiger partial charge in [0.1, 0.15) is 86.6 Å². The van der Waals surface area contributed by atoms with Crippen molar-refractivity contribution in [1.82, 2.24) is 72.7 Å². The molecule has 0 bridgehead atoms. The van der Waals surface area contributed by atoms with Gasteiger partial charge in [0, 0.05) is 149 Å².